The first-order valence-electron chi connectivity index (χ1n) is 5.44. The second-order valence-electron chi connectivity index (χ2n) is 4.90. The molecule has 3 heteroatoms. The van der Waals surface area contributed by atoms with Crippen LogP contribution in [0.1, 0.15) is 37.5 Å². The van der Waals surface area contributed by atoms with Crippen LogP contribution in [0, 0.1) is 0 Å². The summed E-state index contributed by atoms with van der Waals surface area (Å²) in [6.07, 6.45) is 0.306. The van der Waals surface area contributed by atoms with Gasteiger partial charge in [0.2, 0.25) is 0 Å². The Hall–Kier alpha value is -1.22. The monoisotopic (exact) mass is 222 g/mol. The van der Waals surface area contributed by atoms with Crippen LogP contribution in [0.25, 0.3) is 0 Å². The zero-order valence-corrected chi connectivity index (χ0v) is 10.2. The number of aliphatic hydroxyl groups excluding tert-OH is 1. The standard InChI is InChI=1S/C13H18O3/c1-13(2)7-10(14)9-5-8(15-3)6-11(16-4)12(9)13/h5-6,10,14H,7H2,1-4H3. The molecule has 0 fully saturated rings. The van der Waals surface area contributed by atoms with Crippen LogP contribution in [0.4, 0.5) is 0 Å². The highest BCUT2D eigenvalue weighted by molar-refractivity contribution is 5.54. The van der Waals surface area contributed by atoms with Crippen LogP contribution >= 0.6 is 0 Å². The van der Waals surface area contributed by atoms with Crippen LogP contribution in [0.3, 0.4) is 0 Å². The largest absolute Gasteiger partial charge is 0.497 e. The topological polar surface area (TPSA) is 38.7 Å². The molecule has 1 aliphatic rings. The SMILES string of the molecule is COc1cc(OC)c2c(c1)C(O)CC2(C)C. The Labute approximate surface area is 96.0 Å². The fourth-order valence-corrected chi connectivity index (χ4v) is 2.57. The maximum absolute atomic E-state index is 10.0. The lowest BCUT2D eigenvalue weighted by Gasteiger charge is -2.21. The van der Waals surface area contributed by atoms with Crippen molar-refractivity contribution in [2.24, 2.45) is 0 Å². The summed E-state index contributed by atoms with van der Waals surface area (Å²) in [5.74, 6) is 1.53. The highest BCUT2D eigenvalue weighted by Crippen LogP contribution is 2.50. The minimum absolute atomic E-state index is 0.0492. The van der Waals surface area contributed by atoms with Crippen molar-refractivity contribution in [1.29, 1.82) is 0 Å². The Morgan fingerprint density at radius 2 is 1.94 bits per heavy atom. The van der Waals surface area contributed by atoms with Crippen molar-refractivity contribution in [1.82, 2.24) is 0 Å². The van der Waals surface area contributed by atoms with E-state index in [-0.39, 0.29) is 5.41 Å². The molecule has 1 aromatic rings. The van der Waals surface area contributed by atoms with Gasteiger partial charge >= 0.3 is 0 Å². The van der Waals surface area contributed by atoms with E-state index >= 15 is 0 Å². The fraction of sp³-hybridized carbons (Fsp3) is 0.538. The Morgan fingerprint density at radius 3 is 2.50 bits per heavy atom. The van der Waals surface area contributed by atoms with Crippen LogP contribution in [0.15, 0.2) is 12.1 Å². The van der Waals surface area contributed by atoms with Gasteiger partial charge in [-0.15, -0.1) is 0 Å². The van der Waals surface area contributed by atoms with Crippen molar-refractivity contribution < 1.29 is 14.6 Å². The van der Waals surface area contributed by atoms with Crippen molar-refractivity contribution in [3.63, 3.8) is 0 Å². The van der Waals surface area contributed by atoms with Gasteiger partial charge in [0.05, 0.1) is 20.3 Å². The highest BCUT2D eigenvalue weighted by atomic mass is 16.5. The maximum atomic E-state index is 10.0. The third kappa shape index (κ3) is 1.55. The van der Waals surface area contributed by atoms with Gasteiger partial charge in [-0.3, -0.25) is 0 Å². The predicted octanol–water partition coefficient (Wildman–Crippen LogP) is 2.42. The molecule has 0 heterocycles. The maximum Gasteiger partial charge on any atom is 0.126 e. The van der Waals surface area contributed by atoms with Gasteiger partial charge < -0.3 is 14.6 Å². The number of fused-ring (bicyclic) bond motifs is 1. The Balaban J connectivity index is 2.64. The number of hydrogen-bond acceptors (Lipinski definition) is 3. The molecule has 0 saturated carbocycles. The van der Waals surface area contributed by atoms with Gasteiger partial charge in [0.1, 0.15) is 11.5 Å². The normalized spacial score (nSPS) is 21.7. The molecular weight excluding hydrogens is 204 g/mol. The Bertz CT molecular complexity index is 410. The average Bonchev–Trinajstić information content (AvgIpc) is 2.48. The number of methoxy groups -OCH3 is 2. The van der Waals surface area contributed by atoms with Crippen LogP contribution in [-0.4, -0.2) is 19.3 Å². The summed E-state index contributed by atoms with van der Waals surface area (Å²) < 4.78 is 10.6. The first-order valence-corrected chi connectivity index (χ1v) is 5.44. The van der Waals surface area contributed by atoms with E-state index in [1.165, 1.54) is 0 Å². The van der Waals surface area contributed by atoms with E-state index in [9.17, 15) is 5.11 Å². The van der Waals surface area contributed by atoms with Gasteiger partial charge in [-0.1, -0.05) is 13.8 Å². The van der Waals surface area contributed by atoms with E-state index in [2.05, 4.69) is 13.8 Å². The fourth-order valence-electron chi connectivity index (χ4n) is 2.57. The molecule has 0 radical (unpaired) electrons. The molecule has 3 nitrogen and oxygen atoms in total. The molecule has 0 spiro atoms. The van der Waals surface area contributed by atoms with Gasteiger partial charge in [0.25, 0.3) is 0 Å². The number of aliphatic hydroxyl groups is 1. The van der Waals surface area contributed by atoms with Crippen molar-refractivity contribution in [3.05, 3.63) is 23.3 Å². The van der Waals surface area contributed by atoms with E-state index < -0.39 is 6.10 Å². The lowest BCUT2D eigenvalue weighted by atomic mass is 9.86. The van der Waals surface area contributed by atoms with Gasteiger partial charge in [0, 0.05) is 11.6 Å². The molecular formula is C13H18O3. The zero-order chi connectivity index (χ0) is 11.9. The molecule has 0 aromatic heterocycles. The molecule has 0 amide bonds. The van der Waals surface area contributed by atoms with E-state index in [1.807, 2.05) is 12.1 Å². The van der Waals surface area contributed by atoms with Gasteiger partial charge in [0.15, 0.2) is 0 Å². The number of ether oxygens (including phenoxy) is 2. The van der Waals surface area contributed by atoms with E-state index in [0.717, 1.165) is 29.0 Å². The van der Waals surface area contributed by atoms with Crippen molar-refractivity contribution in [3.8, 4) is 11.5 Å². The second-order valence-corrected chi connectivity index (χ2v) is 4.90. The zero-order valence-electron chi connectivity index (χ0n) is 10.2. The van der Waals surface area contributed by atoms with E-state index in [4.69, 9.17) is 9.47 Å². The van der Waals surface area contributed by atoms with Gasteiger partial charge in [-0.25, -0.2) is 0 Å². The molecule has 88 valence electrons. The summed E-state index contributed by atoms with van der Waals surface area (Å²) >= 11 is 0. The van der Waals surface area contributed by atoms with Crippen molar-refractivity contribution in [2.75, 3.05) is 14.2 Å². The van der Waals surface area contributed by atoms with E-state index in [1.54, 1.807) is 14.2 Å². The molecule has 0 bridgehead atoms. The summed E-state index contributed by atoms with van der Waals surface area (Å²) in [5.41, 5.74) is 1.98. The minimum Gasteiger partial charge on any atom is -0.497 e. The van der Waals surface area contributed by atoms with Crippen molar-refractivity contribution in [2.45, 2.75) is 31.8 Å². The molecule has 1 unspecified atom stereocenters. The molecule has 0 saturated heterocycles. The summed E-state index contributed by atoms with van der Waals surface area (Å²) in [7, 11) is 3.27. The molecule has 0 aliphatic heterocycles. The lowest BCUT2D eigenvalue weighted by Crippen LogP contribution is -2.13. The average molecular weight is 222 g/mol. The van der Waals surface area contributed by atoms with Crippen LogP contribution in [-0.2, 0) is 5.41 Å². The van der Waals surface area contributed by atoms with Gasteiger partial charge in [-0.05, 0) is 23.5 Å². The molecule has 1 aliphatic carbocycles. The third-order valence-electron chi connectivity index (χ3n) is 3.30. The molecule has 1 N–H and O–H groups in total. The predicted molar refractivity (Wildman–Crippen MR) is 62.1 cm³/mol. The summed E-state index contributed by atoms with van der Waals surface area (Å²) in [6.45, 7) is 4.24. The molecule has 1 atom stereocenters. The number of rotatable bonds is 2. The quantitative estimate of drug-likeness (QED) is 0.835. The van der Waals surface area contributed by atoms with Crippen LogP contribution in [0.2, 0.25) is 0 Å². The second kappa shape index (κ2) is 3.67. The Kier molecular flexibility index (Phi) is 2.58. The number of hydrogen-bond donors (Lipinski definition) is 1. The third-order valence-corrected chi connectivity index (χ3v) is 3.30. The van der Waals surface area contributed by atoms with Crippen LogP contribution < -0.4 is 9.47 Å². The molecule has 2 rings (SSSR count). The highest BCUT2D eigenvalue weighted by Gasteiger charge is 2.39. The number of benzene rings is 1. The lowest BCUT2D eigenvalue weighted by molar-refractivity contribution is 0.161. The smallest absolute Gasteiger partial charge is 0.126 e. The molecule has 1 aromatic carbocycles. The van der Waals surface area contributed by atoms with Gasteiger partial charge in [-0.2, -0.15) is 0 Å². The summed E-state index contributed by atoms with van der Waals surface area (Å²) in [4.78, 5) is 0. The van der Waals surface area contributed by atoms with Crippen LogP contribution in [0.5, 0.6) is 11.5 Å². The first-order chi connectivity index (χ1) is 7.49. The first kappa shape index (κ1) is 11.3. The van der Waals surface area contributed by atoms with E-state index in [0.29, 0.717) is 0 Å². The van der Waals surface area contributed by atoms with Crippen molar-refractivity contribution >= 4 is 0 Å². The minimum atomic E-state index is -0.422. The summed E-state index contributed by atoms with van der Waals surface area (Å²) in [5, 5.41) is 10.0. The Morgan fingerprint density at radius 1 is 1.25 bits per heavy atom. The molecule has 16 heavy (non-hydrogen) atoms. The summed E-state index contributed by atoms with van der Waals surface area (Å²) in [6, 6.07) is 3.77.